The van der Waals surface area contributed by atoms with E-state index in [1.54, 1.807) is 13.0 Å². The predicted molar refractivity (Wildman–Crippen MR) is 45.2 cm³/mol. The maximum absolute atomic E-state index is 10.5. The average Bonchev–Trinajstić information content (AvgIpc) is 2.03. The molecule has 0 aromatic carbocycles. The maximum Gasteiger partial charge on any atom is 0.244 e. The highest BCUT2D eigenvalue weighted by Gasteiger charge is 1.94. The molecule has 1 amide bonds. The standard InChI is InChI=1S/C8H12N2O2/c1-7(8(9)12)4-2-3-5-10-6-11/h4H,2-3,5H2,1H3,(H2,9,12). The monoisotopic (exact) mass is 168 g/mol. The molecular formula is C8H12N2O2. The van der Waals surface area contributed by atoms with Gasteiger partial charge >= 0.3 is 0 Å². The Morgan fingerprint density at radius 1 is 1.67 bits per heavy atom. The van der Waals surface area contributed by atoms with Gasteiger partial charge in [0.25, 0.3) is 0 Å². The fourth-order valence-corrected chi connectivity index (χ4v) is 0.635. The van der Waals surface area contributed by atoms with Crippen LogP contribution in [-0.4, -0.2) is 18.5 Å². The van der Waals surface area contributed by atoms with Gasteiger partial charge in [-0.25, -0.2) is 9.79 Å². The third kappa shape index (κ3) is 5.38. The molecule has 2 N–H and O–H groups in total. The zero-order valence-electron chi connectivity index (χ0n) is 7.04. The quantitative estimate of drug-likeness (QED) is 0.281. The number of nitrogens with zero attached hydrogens (tertiary/aromatic N) is 1. The van der Waals surface area contributed by atoms with Gasteiger partial charge in [-0.2, -0.15) is 0 Å². The van der Waals surface area contributed by atoms with E-state index < -0.39 is 5.91 Å². The van der Waals surface area contributed by atoms with Crippen molar-refractivity contribution < 1.29 is 9.59 Å². The first-order valence-electron chi connectivity index (χ1n) is 3.68. The summed E-state index contributed by atoms with van der Waals surface area (Å²) >= 11 is 0. The van der Waals surface area contributed by atoms with Crippen LogP contribution in [0.1, 0.15) is 19.8 Å². The number of carbonyl (C=O) groups is 1. The van der Waals surface area contributed by atoms with E-state index in [0.717, 1.165) is 6.42 Å². The number of carbonyl (C=O) groups excluding carboxylic acids is 2. The first-order chi connectivity index (χ1) is 5.68. The Hall–Kier alpha value is -1.41. The van der Waals surface area contributed by atoms with Gasteiger partial charge in [0.15, 0.2) is 0 Å². The van der Waals surface area contributed by atoms with Gasteiger partial charge in [0.2, 0.25) is 12.0 Å². The van der Waals surface area contributed by atoms with Crippen LogP contribution in [0.3, 0.4) is 0 Å². The highest BCUT2D eigenvalue weighted by atomic mass is 16.1. The Morgan fingerprint density at radius 2 is 2.33 bits per heavy atom. The third-order valence-electron chi connectivity index (χ3n) is 1.38. The van der Waals surface area contributed by atoms with Crippen LogP contribution in [0.5, 0.6) is 0 Å². The van der Waals surface area contributed by atoms with E-state index in [0.29, 0.717) is 18.5 Å². The molecule has 0 radical (unpaired) electrons. The molecule has 0 bridgehead atoms. The van der Waals surface area contributed by atoms with Crippen molar-refractivity contribution in [2.24, 2.45) is 10.7 Å². The van der Waals surface area contributed by atoms with E-state index in [9.17, 15) is 9.59 Å². The van der Waals surface area contributed by atoms with Crippen molar-refractivity contribution in [1.82, 2.24) is 0 Å². The summed E-state index contributed by atoms with van der Waals surface area (Å²) in [5, 5.41) is 0. The van der Waals surface area contributed by atoms with Crippen molar-refractivity contribution >= 4 is 12.0 Å². The van der Waals surface area contributed by atoms with E-state index in [4.69, 9.17) is 5.73 Å². The molecule has 0 aliphatic rings. The molecule has 0 aromatic rings. The first kappa shape index (κ1) is 10.6. The Labute approximate surface area is 71.2 Å². The van der Waals surface area contributed by atoms with Crippen LogP contribution in [0, 0.1) is 0 Å². The molecule has 0 rings (SSSR count). The van der Waals surface area contributed by atoms with Gasteiger partial charge in [-0.3, -0.25) is 4.79 Å². The molecule has 0 saturated carbocycles. The SMILES string of the molecule is CC(=CCCCN=C=O)C(N)=O. The Balaban J connectivity index is 3.60. The number of aliphatic imine (C=N–C) groups is 1. The van der Waals surface area contributed by atoms with E-state index >= 15 is 0 Å². The summed E-state index contributed by atoms with van der Waals surface area (Å²) in [7, 11) is 0. The van der Waals surface area contributed by atoms with Gasteiger partial charge in [0.1, 0.15) is 0 Å². The molecule has 0 aromatic heterocycles. The lowest BCUT2D eigenvalue weighted by Crippen LogP contribution is -2.11. The predicted octanol–water partition coefficient (Wildman–Crippen LogP) is 0.534. The van der Waals surface area contributed by atoms with Crippen LogP contribution in [0.4, 0.5) is 0 Å². The van der Waals surface area contributed by atoms with Crippen molar-refractivity contribution in [3.05, 3.63) is 11.6 Å². The summed E-state index contributed by atoms with van der Waals surface area (Å²) in [4.78, 5) is 23.5. The smallest absolute Gasteiger partial charge is 0.244 e. The second-order valence-electron chi connectivity index (χ2n) is 2.37. The van der Waals surface area contributed by atoms with Gasteiger partial charge in [0.05, 0.1) is 6.54 Å². The molecule has 12 heavy (non-hydrogen) atoms. The minimum Gasteiger partial charge on any atom is -0.366 e. The lowest BCUT2D eigenvalue weighted by molar-refractivity contribution is -0.114. The molecule has 4 nitrogen and oxygen atoms in total. The maximum atomic E-state index is 10.5. The van der Waals surface area contributed by atoms with Gasteiger partial charge in [-0.1, -0.05) is 6.08 Å². The summed E-state index contributed by atoms with van der Waals surface area (Å²) in [6, 6.07) is 0. The summed E-state index contributed by atoms with van der Waals surface area (Å²) < 4.78 is 0. The molecule has 66 valence electrons. The number of rotatable bonds is 5. The van der Waals surface area contributed by atoms with Crippen molar-refractivity contribution in [1.29, 1.82) is 0 Å². The molecule has 0 unspecified atom stereocenters. The van der Waals surface area contributed by atoms with Crippen LogP contribution < -0.4 is 5.73 Å². The molecule has 0 saturated heterocycles. The second kappa shape index (κ2) is 6.31. The number of unbranched alkanes of at least 4 members (excludes halogenated alkanes) is 1. The molecular weight excluding hydrogens is 156 g/mol. The highest BCUT2D eigenvalue weighted by Crippen LogP contribution is 1.97. The number of isocyanates is 1. The second-order valence-corrected chi connectivity index (χ2v) is 2.37. The fraction of sp³-hybridized carbons (Fsp3) is 0.500. The van der Waals surface area contributed by atoms with Crippen molar-refractivity contribution in [2.45, 2.75) is 19.8 Å². The number of primary amides is 1. The number of amides is 1. The van der Waals surface area contributed by atoms with Crippen LogP contribution in [0.25, 0.3) is 0 Å². The van der Waals surface area contributed by atoms with Crippen molar-refractivity contribution in [3.63, 3.8) is 0 Å². The van der Waals surface area contributed by atoms with Gasteiger partial charge in [-0.05, 0) is 19.8 Å². The van der Waals surface area contributed by atoms with Gasteiger partial charge in [0, 0.05) is 5.57 Å². The highest BCUT2D eigenvalue weighted by molar-refractivity contribution is 5.91. The largest absolute Gasteiger partial charge is 0.366 e. The number of hydrogen-bond donors (Lipinski definition) is 1. The summed E-state index contributed by atoms with van der Waals surface area (Å²) in [5.41, 5.74) is 5.53. The van der Waals surface area contributed by atoms with Crippen LogP contribution in [0.2, 0.25) is 0 Å². The molecule has 0 aliphatic carbocycles. The van der Waals surface area contributed by atoms with Crippen LogP contribution in [0.15, 0.2) is 16.6 Å². The summed E-state index contributed by atoms with van der Waals surface area (Å²) in [6.45, 7) is 2.11. The molecule has 0 spiro atoms. The van der Waals surface area contributed by atoms with E-state index in [2.05, 4.69) is 4.99 Å². The van der Waals surface area contributed by atoms with Gasteiger partial charge in [-0.15, -0.1) is 0 Å². The number of allylic oxidation sites excluding steroid dienone is 1. The summed E-state index contributed by atoms with van der Waals surface area (Å²) in [6.07, 6.45) is 4.62. The first-order valence-corrected chi connectivity index (χ1v) is 3.68. The van der Waals surface area contributed by atoms with Crippen LogP contribution >= 0.6 is 0 Å². The van der Waals surface area contributed by atoms with E-state index in [1.807, 2.05) is 0 Å². The minimum absolute atomic E-state index is 0.408. The number of hydrogen-bond acceptors (Lipinski definition) is 3. The number of nitrogens with two attached hydrogens (primary N) is 1. The van der Waals surface area contributed by atoms with Gasteiger partial charge < -0.3 is 5.73 Å². The topological polar surface area (TPSA) is 72.5 Å². The van der Waals surface area contributed by atoms with E-state index in [1.165, 1.54) is 6.08 Å². The van der Waals surface area contributed by atoms with Crippen molar-refractivity contribution in [3.8, 4) is 0 Å². The molecule has 0 aliphatic heterocycles. The normalized spacial score (nSPS) is 10.6. The Kier molecular flexibility index (Phi) is 5.57. The lowest BCUT2D eigenvalue weighted by atomic mass is 10.2. The zero-order valence-corrected chi connectivity index (χ0v) is 7.04. The molecule has 0 atom stereocenters. The molecule has 0 fully saturated rings. The lowest BCUT2D eigenvalue weighted by Gasteiger charge is -1.92. The van der Waals surface area contributed by atoms with Crippen molar-refractivity contribution in [2.75, 3.05) is 6.54 Å². The molecule has 4 heteroatoms. The zero-order chi connectivity index (χ0) is 9.40. The van der Waals surface area contributed by atoms with Crippen LogP contribution in [-0.2, 0) is 9.59 Å². The molecule has 0 heterocycles. The Morgan fingerprint density at radius 3 is 2.83 bits per heavy atom. The Bertz CT molecular complexity index is 227. The summed E-state index contributed by atoms with van der Waals surface area (Å²) in [5.74, 6) is -0.408. The van der Waals surface area contributed by atoms with E-state index in [-0.39, 0.29) is 0 Å². The minimum atomic E-state index is -0.408. The third-order valence-corrected chi connectivity index (χ3v) is 1.38. The fourth-order valence-electron chi connectivity index (χ4n) is 0.635. The average molecular weight is 168 g/mol.